The van der Waals surface area contributed by atoms with Crippen LogP contribution < -0.4 is 0 Å². The second kappa shape index (κ2) is 9.51. The van der Waals surface area contributed by atoms with E-state index in [-0.39, 0.29) is 0 Å². The summed E-state index contributed by atoms with van der Waals surface area (Å²) in [5.41, 5.74) is 3.03. The van der Waals surface area contributed by atoms with Crippen molar-refractivity contribution in [3.8, 4) is 0 Å². The number of fused-ring (bicyclic) bond motifs is 5. The zero-order chi connectivity index (χ0) is 24.0. The molecule has 2 heteroatoms. The first-order valence-electron chi connectivity index (χ1n) is 15.7. The molecule has 2 saturated heterocycles. The van der Waals surface area contributed by atoms with E-state index in [2.05, 4.69) is 40.8 Å². The summed E-state index contributed by atoms with van der Waals surface area (Å²) in [4.78, 5) is 0. The molecule has 2 nitrogen and oxygen atoms in total. The van der Waals surface area contributed by atoms with E-state index in [1.54, 1.807) is 0 Å². The second-order valence-electron chi connectivity index (χ2n) is 14.7. The van der Waals surface area contributed by atoms with Gasteiger partial charge in [-0.3, -0.25) is 0 Å². The number of piperidine rings is 1. The molecule has 5 rings (SSSR count). The smallest absolute Gasteiger partial charge is 0.0928 e. The van der Waals surface area contributed by atoms with Crippen LogP contribution in [0.1, 0.15) is 111 Å². The van der Waals surface area contributed by atoms with Crippen molar-refractivity contribution < 1.29 is 8.97 Å². The number of likely N-dealkylation sites (tertiary alicyclic amines) is 2. The predicted molar refractivity (Wildman–Crippen MR) is 146 cm³/mol. The van der Waals surface area contributed by atoms with Crippen LogP contribution in [0.2, 0.25) is 0 Å². The van der Waals surface area contributed by atoms with Crippen LogP contribution in [0.25, 0.3) is 0 Å². The van der Waals surface area contributed by atoms with Crippen molar-refractivity contribution >= 4 is 0 Å². The average molecular weight is 471 g/mol. The lowest BCUT2D eigenvalue weighted by atomic mass is 9.46. The summed E-state index contributed by atoms with van der Waals surface area (Å²) in [6.07, 6.45) is 21.7. The summed E-state index contributed by atoms with van der Waals surface area (Å²) in [5, 5.41) is 0. The molecular formula is C32H58N2+2. The maximum atomic E-state index is 2.84. The monoisotopic (exact) mass is 470 g/mol. The number of hydrogen-bond acceptors (Lipinski definition) is 0. The third-order valence-electron chi connectivity index (χ3n) is 12.6. The van der Waals surface area contributed by atoms with Gasteiger partial charge >= 0.3 is 0 Å². The standard InChI is InChI=1S/C32H58N2/c1-6-8-19-33(5)23-16-29-28-13-12-26-24-27(34(20-9-7-2)21-10-11-22-34)14-18-32(26,4)30(28)15-17-31(29,3)25-33/h12,27-30H,6-11,13-25H2,1-5H3/q+2/t27-,28-,29-,30-,31+,32-,33?/m0/s1. The zero-order valence-electron chi connectivity index (χ0n) is 23.7. The number of rotatable bonds is 7. The van der Waals surface area contributed by atoms with Gasteiger partial charge in [0.1, 0.15) is 0 Å². The summed E-state index contributed by atoms with van der Waals surface area (Å²) in [6.45, 7) is 18.9. The quantitative estimate of drug-likeness (QED) is 0.266. The Hall–Kier alpha value is -0.340. The molecule has 0 aromatic heterocycles. The van der Waals surface area contributed by atoms with E-state index in [0.717, 1.165) is 23.8 Å². The topological polar surface area (TPSA) is 0 Å². The third-order valence-corrected chi connectivity index (χ3v) is 12.6. The van der Waals surface area contributed by atoms with Crippen LogP contribution in [0.4, 0.5) is 0 Å². The molecule has 0 aromatic rings. The Kier molecular flexibility index (Phi) is 7.08. The van der Waals surface area contributed by atoms with E-state index < -0.39 is 0 Å². The Labute approximate surface area is 212 Å². The third kappa shape index (κ3) is 4.25. The largest absolute Gasteiger partial charge is 0.326 e. The maximum absolute atomic E-state index is 2.84. The molecule has 0 spiro atoms. The second-order valence-corrected chi connectivity index (χ2v) is 14.7. The van der Waals surface area contributed by atoms with Gasteiger partial charge in [0.05, 0.1) is 52.4 Å². The molecule has 1 unspecified atom stereocenters. The van der Waals surface area contributed by atoms with Gasteiger partial charge < -0.3 is 8.97 Å². The molecule has 0 bridgehead atoms. The minimum atomic E-state index is 0.521. The van der Waals surface area contributed by atoms with Crippen LogP contribution in [0, 0.1) is 28.6 Å². The molecule has 2 aliphatic heterocycles. The molecule has 7 atom stereocenters. The first kappa shape index (κ1) is 25.3. The van der Waals surface area contributed by atoms with Crippen LogP contribution in [-0.2, 0) is 0 Å². The number of hydrogen-bond donors (Lipinski definition) is 0. The van der Waals surface area contributed by atoms with Crippen molar-refractivity contribution in [1.29, 1.82) is 0 Å². The lowest BCUT2D eigenvalue weighted by molar-refractivity contribution is -0.941. The Balaban J connectivity index is 1.33. The Morgan fingerprint density at radius 2 is 1.62 bits per heavy atom. The summed E-state index contributed by atoms with van der Waals surface area (Å²) in [5.74, 6) is 2.92. The Morgan fingerprint density at radius 3 is 2.35 bits per heavy atom. The normalized spacial score (nSPS) is 45.7. The number of allylic oxidation sites excluding steroid dienone is 1. The molecule has 0 aromatic carbocycles. The van der Waals surface area contributed by atoms with Gasteiger partial charge in [0.15, 0.2) is 0 Å². The molecule has 0 radical (unpaired) electrons. The molecule has 5 aliphatic rings. The molecular weight excluding hydrogens is 412 g/mol. The van der Waals surface area contributed by atoms with Crippen molar-refractivity contribution in [3.63, 3.8) is 0 Å². The van der Waals surface area contributed by atoms with Gasteiger partial charge in [0.25, 0.3) is 0 Å². The SMILES string of the molecule is CCCC[N+]1(C)CC[C@H]2[C@@H]3CC=C4C[C@@H]([N+]5(CCCC)CCCC5)CC[C@]4(C)[C@H]3CC[C@]2(C)C1. The van der Waals surface area contributed by atoms with Gasteiger partial charge in [-0.2, -0.15) is 0 Å². The highest BCUT2D eigenvalue weighted by Gasteiger charge is 2.59. The van der Waals surface area contributed by atoms with E-state index in [1.807, 2.05) is 5.57 Å². The van der Waals surface area contributed by atoms with Gasteiger partial charge in [-0.15, -0.1) is 0 Å². The lowest BCUT2D eigenvalue weighted by Crippen LogP contribution is -2.63. The molecule has 4 fully saturated rings. The summed E-state index contributed by atoms with van der Waals surface area (Å²) in [6, 6.07) is 0.935. The van der Waals surface area contributed by atoms with Crippen LogP contribution in [0.15, 0.2) is 11.6 Å². The fourth-order valence-electron chi connectivity index (χ4n) is 10.6. The van der Waals surface area contributed by atoms with E-state index in [0.29, 0.717) is 10.8 Å². The van der Waals surface area contributed by atoms with Gasteiger partial charge in [-0.05, 0) is 61.7 Å². The first-order chi connectivity index (χ1) is 16.3. The summed E-state index contributed by atoms with van der Waals surface area (Å²) >= 11 is 0. The highest BCUT2D eigenvalue weighted by molar-refractivity contribution is 5.25. The number of nitrogens with zero attached hydrogens (tertiary/aromatic N) is 2. The molecule has 2 heterocycles. The van der Waals surface area contributed by atoms with E-state index in [4.69, 9.17) is 0 Å². The molecule has 2 saturated carbocycles. The number of unbranched alkanes of at least 4 members (excludes halogenated alkanes) is 2. The lowest BCUT2D eigenvalue weighted by Gasteiger charge is -2.62. The van der Waals surface area contributed by atoms with E-state index in [9.17, 15) is 0 Å². The highest BCUT2D eigenvalue weighted by Crippen LogP contribution is 2.63. The fraction of sp³-hybridized carbons (Fsp3) is 0.938. The van der Waals surface area contributed by atoms with Crippen LogP contribution in [-0.4, -0.2) is 61.3 Å². The Morgan fingerprint density at radius 1 is 0.882 bits per heavy atom. The molecule has 3 aliphatic carbocycles. The van der Waals surface area contributed by atoms with Gasteiger partial charge in [-0.25, -0.2) is 0 Å². The minimum Gasteiger partial charge on any atom is -0.326 e. The molecule has 34 heavy (non-hydrogen) atoms. The maximum Gasteiger partial charge on any atom is 0.0928 e. The van der Waals surface area contributed by atoms with Gasteiger partial charge in [0.2, 0.25) is 0 Å². The van der Waals surface area contributed by atoms with E-state index >= 15 is 0 Å². The Bertz CT molecular complexity index is 750. The van der Waals surface area contributed by atoms with Crippen LogP contribution >= 0.6 is 0 Å². The van der Waals surface area contributed by atoms with Crippen molar-refractivity contribution in [3.05, 3.63) is 11.6 Å². The number of quaternary nitrogens is 2. The predicted octanol–water partition coefficient (Wildman–Crippen LogP) is 7.59. The molecule has 0 amide bonds. The summed E-state index contributed by atoms with van der Waals surface area (Å²) in [7, 11) is 2.58. The zero-order valence-corrected chi connectivity index (χ0v) is 23.7. The molecule has 0 N–H and O–H groups in total. The minimum absolute atomic E-state index is 0.521. The van der Waals surface area contributed by atoms with Gasteiger partial charge in [-0.1, -0.05) is 52.2 Å². The van der Waals surface area contributed by atoms with Crippen LogP contribution in [0.5, 0.6) is 0 Å². The van der Waals surface area contributed by atoms with Crippen molar-refractivity contribution in [2.75, 3.05) is 46.3 Å². The summed E-state index contributed by atoms with van der Waals surface area (Å²) < 4.78 is 2.85. The van der Waals surface area contributed by atoms with Crippen LogP contribution in [0.3, 0.4) is 0 Å². The average Bonchev–Trinajstić information content (AvgIpc) is 3.30. The molecule has 194 valence electrons. The van der Waals surface area contributed by atoms with Gasteiger partial charge in [0, 0.05) is 37.5 Å². The van der Waals surface area contributed by atoms with Crippen molar-refractivity contribution in [2.45, 2.75) is 117 Å². The van der Waals surface area contributed by atoms with Crippen molar-refractivity contribution in [2.24, 2.45) is 28.6 Å². The first-order valence-corrected chi connectivity index (χ1v) is 15.7. The van der Waals surface area contributed by atoms with Crippen molar-refractivity contribution in [1.82, 2.24) is 0 Å². The highest BCUT2D eigenvalue weighted by atomic mass is 15.4. The fourth-order valence-corrected chi connectivity index (χ4v) is 10.6. The van der Waals surface area contributed by atoms with E-state index in [1.165, 1.54) is 132 Å².